The van der Waals surface area contributed by atoms with Crippen LogP contribution >= 0.6 is 0 Å². The van der Waals surface area contributed by atoms with E-state index in [1.807, 2.05) is 67.6 Å². The van der Waals surface area contributed by atoms with Gasteiger partial charge in [-0.05, 0) is 55.3 Å². The van der Waals surface area contributed by atoms with Gasteiger partial charge in [0.05, 0.1) is 6.61 Å². The summed E-state index contributed by atoms with van der Waals surface area (Å²) in [6.45, 7) is 4.64. The number of ether oxygens (including phenoxy) is 2. The maximum atomic E-state index is 12.3. The third-order valence-electron chi connectivity index (χ3n) is 5.07. The fraction of sp³-hybridized carbons (Fsp3) is 0.160. The number of rotatable bonds is 5. The fourth-order valence-electron chi connectivity index (χ4n) is 3.74. The van der Waals surface area contributed by atoms with Gasteiger partial charge in [-0.2, -0.15) is 0 Å². The van der Waals surface area contributed by atoms with Crippen LogP contribution in [-0.2, 0) is 4.79 Å². The number of fused-ring (bicyclic) bond motifs is 1. The van der Waals surface area contributed by atoms with E-state index in [0.29, 0.717) is 17.9 Å². The molecule has 0 fully saturated rings. The molecule has 3 aromatic carbocycles. The molecule has 0 radical (unpaired) electrons. The zero-order chi connectivity index (χ0) is 19.5. The largest absolute Gasteiger partial charge is 0.494 e. The Balaban J connectivity index is 1.90. The van der Waals surface area contributed by atoms with Gasteiger partial charge in [-0.15, -0.1) is 0 Å². The molecular formula is C25H22O3. The summed E-state index contributed by atoms with van der Waals surface area (Å²) in [4.78, 5) is 12.3. The van der Waals surface area contributed by atoms with Crippen molar-refractivity contribution in [2.24, 2.45) is 0 Å². The predicted octanol–water partition coefficient (Wildman–Crippen LogP) is 5.53. The molecule has 0 N–H and O–H groups in total. The van der Waals surface area contributed by atoms with E-state index in [0.717, 1.165) is 40.0 Å². The summed E-state index contributed by atoms with van der Waals surface area (Å²) in [7, 11) is 0. The van der Waals surface area contributed by atoms with Gasteiger partial charge in [0, 0.05) is 22.6 Å². The molecule has 3 heteroatoms. The standard InChI is InChI=1S/C25H22O3/c1-3-27-19-14-12-18(13-15-19)25-22(16-26)24(20-9-5-4-8-17(20)2)21-10-6-7-11-23(21)28-25/h4-16,24H,3H2,1-2H3. The molecule has 4 rings (SSSR count). The molecular weight excluding hydrogens is 348 g/mol. The van der Waals surface area contributed by atoms with Gasteiger partial charge in [-0.3, -0.25) is 4.79 Å². The minimum absolute atomic E-state index is 0.162. The molecule has 0 amide bonds. The first-order chi connectivity index (χ1) is 13.7. The molecule has 3 aromatic rings. The van der Waals surface area contributed by atoms with E-state index in [1.165, 1.54) is 0 Å². The molecule has 0 aliphatic carbocycles. The molecule has 28 heavy (non-hydrogen) atoms. The van der Waals surface area contributed by atoms with E-state index in [1.54, 1.807) is 0 Å². The van der Waals surface area contributed by atoms with Gasteiger partial charge >= 0.3 is 0 Å². The zero-order valence-electron chi connectivity index (χ0n) is 16.0. The van der Waals surface area contributed by atoms with Crippen LogP contribution in [0.15, 0.2) is 78.4 Å². The Labute approximate surface area is 165 Å². The topological polar surface area (TPSA) is 35.5 Å². The van der Waals surface area contributed by atoms with Gasteiger partial charge in [0.15, 0.2) is 6.29 Å². The number of carbonyl (C=O) groups excluding carboxylic acids is 1. The normalized spacial score (nSPS) is 15.6. The second kappa shape index (κ2) is 7.73. The van der Waals surface area contributed by atoms with Crippen LogP contribution in [0.3, 0.4) is 0 Å². The summed E-state index contributed by atoms with van der Waals surface area (Å²) in [5.74, 6) is 2.02. The highest BCUT2D eigenvalue weighted by Crippen LogP contribution is 2.45. The molecule has 1 heterocycles. The smallest absolute Gasteiger partial charge is 0.150 e. The number of hydrogen-bond acceptors (Lipinski definition) is 3. The van der Waals surface area contributed by atoms with E-state index in [-0.39, 0.29) is 5.92 Å². The quantitative estimate of drug-likeness (QED) is 0.554. The van der Waals surface area contributed by atoms with Gasteiger partial charge in [0.25, 0.3) is 0 Å². The first-order valence-corrected chi connectivity index (χ1v) is 9.47. The lowest BCUT2D eigenvalue weighted by molar-refractivity contribution is -0.105. The van der Waals surface area contributed by atoms with Crippen molar-refractivity contribution in [3.8, 4) is 11.5 Å². The van der Waals surface area contributed by atoms with Crippen LogP contribution in [0.4, 0.5) is 0 Å². The van der Waals surface area contributed by atoms with Gasteiger partial charge in [-0.1, -0.05) is 42.5 Å². The number of aldehydes is 1. The van der Waals surface area contributed by atoms with Gasteiger partial charge in [0.1, 0.15) is 17.3 Å². The predicted molar refractivity (Wildman–Crippen MR) is 111 cm³/mol. The molecule has 1 atom stereocenters. The fourth-order valence-corrected chi connectivity index (χ4v) is 3.74. The lowest BCUT2D eigenvalue weighted by Gasteiger charge is -2.30. The van der Waals surface area contributed by atoms with Crippen LogP contribution in [0, 0.1) is 6.92 Å². The first-order valence-electron chi connectivity index (χ1n) is 9.47. The third-order valence-corrected chi connectivity index (χ3v) is 5.07. The third kappa shape index (κ3) is 3.20. The Morgan fingerprint density at radius 3 is 2.29 bits per heavy atom. The first kappa shape index (κ1) is 18.1. The molecule has 0 saturated heterocycles. The van der Waals surface area contributed by atoms with Crippen LogP contribution in [0.1, 0.15) is 35.1 Å². The summed E-state index contributed by atoms with van der Waals surface area (Å²) in [5.41, 5.74) is 4.77. The molecule has 1 aliphatic heterocycles. The highest BCUT2D eigenvalue weighted by atomic mass is 16.5. The highest BCUT2D eigenvalue weighted by Gasteiger charge is 2.32. The SMILES string of the molecule is CCOc1ccc(C2=C(C=O)C(c3ccccc3C)c3ccccc3O2)cc1. The number of aryl methyl sites for hydroxylation is 1. The Bertz CT molecular complexity index is 1030. The highest BCUT2D eigenvalue weighted by molar-refractivity contribution is 5.91. The minimum atomic E-state index is -0.162. The van der Waals surface area contributed by atoms with E-state index >= 15 is 0 Å². The van der Waals surface area contributed by atoms with Crippen molar-refractivity contribution in [1.29, 1.82) is 0 Å². The Morgan fingerprint density at radius 2 is 1.61 bits per heavy atom. The van der Waals surface area contributed by atoms with Crippen LogP contribution in [0.2, 0.25) is 0 Å². The van der Waals surface area contributed by atoms with Gasteiger partial charge in [0.2, 0.25) is 0 Å². The number of allylic oxidation sites excluding steroid dienone is 1. The van der Waals surface area contributed by atoms with Crippen LogP contribution in [0.25, 0.3) is 5.76 Å². The zero-order valence-corrected chi connectivity index (χ0v) is 16.0. The molecule has 140 valence electrons. The Kier molecular flexibility index (Phi) is 4.98. The number of carbonyl (C=O) groups is 1. The molecule has 1 aliphatic rings. The second-order valence-corrected chi connectivity index (χ2v) is 6.79. The molecule has 3 nitrogen and oxygen atoms in total. The van der Waals surface area contributed by atoms with Gasteiger partial charge < -0.3 is 9.47 Å². The van der Waals surface area contributed by atoms with Crippen molar-refractivity contribution >= 4 is 12.0 Å². The average molecular weight is 370 g/mol. The van der Waals surface area contributed by atoms with Crippen molar-refractivity contribution < 1.29 is 14.3 Å². The van der Waals surface area contributed by atoms with E-state index < -0.39 is 0 Å². The summed E-state index contributed by atoms with van der Waals surface area (Å²) in [5, 5.41) is 0. The molecule has 0 bridgehead atoms. The monoisotopic (exact) mass is 370 g/mol. The minimum Gasteiger partial charge on any atom is -0.494 e. The van der Waals surface area contributed by atoms with E-state index in [9.17, 15) is 4.79 Å². The number of benzene rings is 3. The van der Waals surface area contributed by atoms with Crippen molar-refractivity contribution in [3.63, 3.8) is 0 Å². The maximum absolute atomic E-state index is 12.3. The summed E-state index contributed by atoms with van der Waals surface area (Å²) < 4.78 is 11.8. The lowest BCUT2D eigenvalue weighted by Crippen LogP contribution is -2.18. The summed E-state index contributed by atoms with van der Waals surface area (Å²) >= 11 is 0. The lowest BCUT2D eigenvalue weighted by atomic mass is 9.80. The summed E-state index contributed by atoms with van der Waals surface area (Å²) in [6.07, 6.45) is 0.929. The molecule has 0 spiro atoms. The van der Waals surface area contributed by atoms with Gasteiger partial charge in [-0.25, -0.2) is 0 Å². The second-order valence-electron chi connectivity index (χ2n) is 6.79. The molecule has 0 aromatic heterocycles. The summed E-state index contributed by atoms with van der Waals surface area (Å²) in [6, 6.07) is 23.8. The average Bonchev–Trinajstić information content (AvgIpc) is 2.74. The van der Waals surface area contributed by atoms with Crippen molar-refractivity contribution in [2.45, 2.75) is 19.8 Å². The van der Waals surface area contributed by atoms with E-state index in [2.05, 4.69) is 19.1 Å². The van der Waals surface area contributed by atoms with Crippen molar-refractivity contribution in [1.82, 2.24) is 0 Å². The van der Waals surface area contributed by atoms with Crippen molar-refractivity contribution in [2.75, 3.05) is 6.61 Å². The molecule has 1 unspecified atom stereocenters. The number of para-hydroxylation sites is 1. The maximum Gasteiger partial charge on any atom is 0.150 e. The van der Waals surface area contributed by atoms with Crippen LogP contribution < -0.4 is 9.47 Å². The molecule has 0 saturated carbocycles. The Hall–Kier alpha value is -3.33. The van der Waals surface area contributed by atoms with Crippen LogP contribution in [0.5, 0.6) is 11.5 Å². The van der Waals surface area contributed by atoms with E-state index in [4.69, 9.17) is 9.47 Å². The number of hydrogen-bond donors (Lipinski definition) is 0. The Morgan fingerprint density at radius 1 is 0.929 bits per heavy atom. The van der Waals surface area contributed by atoms with Crippen LogP contribution in [-0.4, -0.2) is 12.9 Å². The van der Waals surface area contributed by atoms with Crippen molar-refractivity contribution in [3.05, 3.63) is 101 Å².